The van der Waals surface area contributed by atoms with E-state index in [-0.39, 0.29) is 0 Å². The summed E-state index contributed by atoms with van der Waals surface area (Å²) in [6.07, 6.45) is -0.463. The van der Waals surface area contributed by atoms with Crippen molar-refractivity contribution >= 4 is 23.6 Å². The summed E-state index contributed by atoms with van der Waals surface area (Å²) in [6.45, 7) is 3.74. The molecule has 0 radical (unpaired) electrons. The van der Waals surface area contributed by atoms with Gasteiger partial charge in [-0.1, -0.05) is 17.7 Å². The fraction of sp³-hybridized carbons (Fsp3) is 0.308. The first kappa shape index (κ1) is 15.5. The van der Waals surface area contributed by atoms with Crippen molar-refractivity contribution in [1.29, 1.82) is 0 Å². The summed E-state index contributed by atoms with van der Waals surface area (Å²) < 4.78 is 0. The van der Waals surface area contributed by atoms with Crippen molar-refractivity contribution in [3.63, 3.8) is 0 Å². The number of anilines is 1. The van der Waals surface area contributed by atoms with Gasteiger partial charge in [0.2, 0.25) is 5.91 Å². The molecule has 0 aliphatic rings. The number of carboxylic acid groups (broad SMARTS) is 1. The molecule has 0 heterocycles. The van der Waals surface area contributed by atoms with Crippen LogP contribution in [-0.2, 0) is 9.59 Å². The first-order valence-electron chi connectivity index (χ1n) is 5.95. The minimum absolute atomic E-state index is 0.463. The number of carboxylic acids is 1. The number of nitrogens with two attached hydrogens (primary N) is 1. The Labute approximate surface area is 116 Å². The number of amides is 3. The molecule has 0 saturated carbocycles. The van der Waals surface area contributed by atoms with E-state index in [1.165, 1.54) is 0 Å². The fourth-order valence-corrected chi connectivity index (χ4v) is 1.67. The van der Waals surface area contributed by atoms with Gasteiger partial charge in [-0.3, -0.25) is 4.79 Å². The fourth-order valence-electron chi connectivity index (χ4n) is 1.67. The quantitative estimate of drug-likeness (QED) is 0.635. The zero-order chi connectivity index (χ0) is 15.3. The van der Waals surface area contributed by atoms with Crippen LogP contribution in [0.2, 0.25) is 0 Å². The van der Waals surface area contributed by atoms with Gasteiger partial charge in [-0.25, -0.2) is 9.59 Å². The van der Waals surface area contributed by atoms with Crippen molar-refractivity contribution in [2.45, 2.75) is 26.3 Å². The van der Waals surface area contributed by atoms with Crippen LogP contribution < -0.4 is 16.4 Å². The van der Waals surface area contributed by atoms with Crippen LogP contribution in [0.15, 0.2) is 18.2 Å². The standard InChI is InChI=1S/C13H17N3O4/c1-7-3-4-9(8(2)5-7)15-13(20)16-10(12(18)19)6-11(14)17/h3-5,10H,6H2,1-2H3,(H2,14,17)(H,18,19)(H2,15,16,20)/t10-/m1/s1. The summed E-state index contributed by atoms with van der Waals surface area (Å²) in [4.78, 5) is 33.3. The monoisotopic (exact) mass is 279 g/mol. The molecule has 1 atom stereocenters. The number of benzene rings is 1. The Hall–Kier alpha value is -2.57. The second-order valence-electron chi connectivity index (χ2n) is 4.48. The Morgan fingerprint density at radius 2 is 1.95 bits per heavy atom. The summed E-state index contributed by atoms with van der Waals surface area (Å²) in [5.74, 6) is -2.12. The number of carbonyl (C=O) groups excluding carboxylic acids is 2. The molecule has 1 rings (SSSR count). The van der Waals surface area contributed by atoms with E-state index in [1.807, 2.05) is 26.0 Å². The van der Waals surface area contributed by atoms with Crippen molar-refractivity contribution < 1.29 is 19.5 Å². The average molecular weight is 279 g/mol. The minimum Gasteiger partial charge on any atom is -0.480 e. The van der Waals surface area contributed by atoms with Gasteiger partial charge in [-0.2, -0.15) is 0 Å². The van der Waals surface area contributed by atoms with Crippen LogP contribution in [0.5, 0.6) is 0 Å². The minimum atomic E-state index is -1.35. The molecule has 7 heteroatoms. The lowest BCUT2D eigenvalue weighted by Gasteiger charge is -2.14. The number of aryl methyl sites for hydroxylation is 2. The Morgan fingerprint density at radius 1 is 1.30 bits per heavy atom. The van der Waals surface area contributed by atoms with E-state index in [2.05, 4.69) is 10.6 Å². The van der Waals surface area contributed by atoms with E-state index in [0.29, 0.717) is 5.69 Å². The predicted octanol–water partition coefficient (Wildman–Crippen LogP) is 0.754. The highest BCUT2D eigenvalue weighted by Crippen LogP contribution is 2.15. The molecule has 0 aromatic heterocycles. The second-order valence-corrected chi connectivity index (χ2v) is 4.48. The molecular weight excluding hydrogens is 262 g/mol. The number of carbonyl (C=O) groups is 3. The molecule has 5 N–H and O–H groups in total. The van der Waals surface area contributed by atoms with E-state index in [9.17, 15) is 14.4 Å². The molecule has 3 amide bonds. The SMILES string of the molecule is Cc1ccc(NC(=O)N[C@H](CC(N)=O)C(=O)O)c(C)c1. The lowest BCUT2D eigenvalue weighted by molar-refractivity contribution is -0.140. The van der Waals surface area contributed by atoms with Crippen molar-refractivity contribution in [3.05, 3.63) is 29.3 Å². The van der Waals surface area contributed by atoms with E-state index in [4.69, 9.17) is 10.8 Å². The van der Waals surface area contributed by atoms with Crippen molar-refractivity contribution in [1.82, 2.24) is 5.32 Å². The van der Waals surface area contributed by atoms with Crippen LogP contribution in [0.3, 0.4) is 0 Å². The lowest BCUT2D eigenvalue weighted by Crippen LogP contribution is -2.45. The maximum absolute atomic E-state index is 11.7. The molecule has 0 spiro atoms. The molecular formula is C13H17N3O4. The maximum Gasteiger partial charge on any atom is 0.326 e. The lowest BCUT2D eigenvalue weighted by atomic mass is 10.1. The van der Waals surface area contributed by atoms with Gasteiger partial charge in [0, 0.05) is 5.69 Å². The number of hydrogen-bond acceptors (Lipinski definition) is 3. The number of nitrogens with one attached hydrogen (secondary N) is 2. The highest BCUT2D eigenvalue weighted by molar-refractivity contribution is 5.94. The van der Waals surface area contributed by atoms with Gasteiger partial charge in [0.05, 0.1) is 6.42 Å². The summed E-state index contributed by atoms with van der Waals surface area (Å²) in [7, 11) is 0. The van der Waals surface area contributed by atoms with Gasteiger partial charge in [-0.05, 0) is 25.5 Å². The highest BCUT2D eigenvalue weighted by atomic mass is 16.4. The molecule has 0 saturated heterocycles. The zero-order valence-corrected chi connectivity index (χ0v) is 11.3. The largest absolute Gasteiger partial charge is 0.480 e. The van der Waals surface area contributed by atoms with Crippen LogP contribution in [0, 0.1) is 13.8 Å². The maximum atomic E-state index is 11.7. The predicted molar refractivity (Wildman–Crippen MR) is 73.3 cm³/mol. The molecule has 0 fully saturated rings. The number of hydrogen-bond donors (Lipinski definition) is 4. The smallest absolute Gasteiger partial charge is 0.326 e. The second kappa shape index (κ2) is 6.55. The highest BCUT2D eigenvalue weighted by Gasteiger charge is 2.22. The molecule has 1 aromatic rings. The van der Waals surface area contributed by atoms with Crippen molar-refractivity contribution in [2.75, 3.05) is 5.32 Å². The van der Waals surface area contributed by atoms with Crippen LogP contribution in [0.25, 0.3) is 0 Å². The Morgan fingerprint density at radius 3 is 2.45 bits per heavy atom. The molecule has 0 aliphatic carbocycles. The summed E-state index contributed by atoms with van der Waals surface area (Å²) in [6, 6.07) is 3.37. The van der Waals surface area contributed by atoms with Crippen LogP contribution in [-0.4, -0.2) is 29.1 Å². The molecule has 1 aromatic carbocycles. The van der Waals surface area contributed by atoms with Gasteiger partial charge in [0.15, 0.2) is 0 Å². The Balaban J connectivity index is 2.70. The zero-order valence-electron chi connectivity index (χ0n) is 11.3. The van der Waals surface area contributed by atoms with E-state index in [1.54, 1.807) is 6.07 Å². The molecule has 20 heavy (non-hydrogen) atoms. The first-order valence-corrected chi connectivity index (χ1v) is 5.95. The van der Waals surface area contributed by atoms with Gasteiger partial charge >= 0.3 is 12.0 Å². The Kier molecular flexibility index (Phi) is 5.08. The van der Waals surface area contributed by atoms with Gasteiger partial charge < -0.3 is 21.5 Å². The van der Waals surface area contributed by atoms with Crippen molar-refractivity contribution in [3.8, 4) is 0 Å². The number of rotatable bonds is 5. The van der Waals surface area contributed by atoms with Crippen LogP contribution in [0.1, 0.15) is 17.5 Å². The average Bonchev–Trinajstić information content (AvgIpc) is 2.31. The van der Waals surface area contributed by atoms with Gasteiger partial charge in [-0.15, -0.1) is 0 Å². The summed E-state index contributed by atoms with van der Waals surface area (Å²) in [5.41, 5.74) is 7.39. The number of primary amides is 1. The molecule has 0 unspecified atom stereocenters. The van der Waals surface area contributed by atoms with Crippen LogP contribution in [0.4, 0.5) is 10.5 Å². The third-order valence-electron chi connectivity index (χ3n) is 2.64. The normalized spacial score (nSPS) is 11.5. The van der Waals surface area contributed by atoms with Gasteiger partial charge in [0.1, 0.15) is 6.04 Å². The van der Waals surface area contributed by atoms with E-state index >= 15 is 0 Å². The van der Waals surface area contributed by atoms with E-state index < -0.39 is 30.4 Å². The molecule has 108 valence electrons. The number of urea groups is 1. The molecule has 0 bridgehead atoms. The van der Waals surface area contributed by atoms with Crippen molar-refractivity contribution in [2.24, 2.45) is 5.73 Å². The topological polar surface area (TPSA) is 122 Å². The molecule has 0 aliphatic heterocycles. The van der Waals surface area contributed by atoms with E-state index in [0.717, 1.165) is 11.1 Å². The third-order valence-corrected chi connectivity index (χ3v) is 2.64. The summed E-state index contributed by atoms with van der Waals surface area (Å²) >= 11 is 0. The first-order chi connectivity index (χ1) is 9.29. The third kappa shape index (κ3) is 4.60. The Bertz CT molecular complexity index is 542. The number of aliphatic carboxylic acids is 1. The summed E-state index contributed by atoms with van der Waals surface area (Å²) in [5, 5.41) is 13.6. The van der Waals surface area contributed by atoms with Crippen LogP contribution >= 0.6 is 0 Å². The van der Waals surface area contributed by atoms with Gasteiger partial charge in [0.25, 0.3) is 0 Å². The molecule has 7 nitrogen and oxygen atoms in total.